The lowest BCUT2D eigenvalue weighted by molar-refractivity contribution is -0.118. The summed E-state index contributed by atoms with van der Waals surface area (Å²) < 4.78 is 28.5. The molecule has 134 valence electrons. The Morgan fingerprint density at radius 3 is 2.46 bits per heavy atom. The zero-order valence-electron chi connectivity index (χ0n) is 13.8. The molecule has 0 aliphatic heterocycles. The van der Waals surface area contributed by atoms with Crippen molar-refractivity contribution in [2.45, 2.75) is 18.1 Å². The van der Waals surface area contributed by atoms with Gasteiger partial charge in [0.1, 0.15) is 5.75 Å². The first-order chi connectivity index (χ1) is 12.6. The lowest BCUT2D eigenvalue weighted by atomic mass is 10.1. The van der Waals surface area contributed by atoms with E-state index in [9.17, 15) is 13.6 Å². The fourth-order valence-electron chi connectivity index (χ4n) is 2.45. The molecule has 0 fully saturated rings. The van der Waals surface area contributed by atoms with Crippen LogP contribution in [0.5, 0.6) is 5.75 Å². The summed E-state index contributed by atoms with van der Waals surface area (Å²) in [6.07, 6.45) is 0. The maximum absolute atomic E-state index is 12.1. The van der Waals surface area contributed by atoms with E-state index in [0.717, 1.165) is 15.8 Å². The molecule has 0 aliphatic rings. The van der Waals surface area contributed by atoms with Crippen LogP contribution in [0.4, 0.5) is 8.78 Å². The van der Waals surface area contributed by atoms with Gasteiger partial charge in [0.2, 0.25) is 5.91 Å². The summed E-state index contributed by atoms with van der Waals surface area (Å²) in [5.74, 6) is 0.322. The van der Waals surface area contributed by atoms with E-state index in [1.807, 2.05) is 36.4 Å². The Hall–Kier alpha value is -2.60. The monoisotopic (exact) mass is 373 g/mol. The average Bonchev–Trinajstić information content (AvgIpc) is 2.65. The van der Waals surface area contributed by atoms with Gasteiger partial charge in [-0.1, -0.05) is 42.5 Å². The summed E-state index contributed by atoms with van der Waals surface area (Å²) >= 11 is 1.47. The number of hydrogen-bond acceptors (Lipinski definition) is 3. The predicted molar refractivity (Wildman–Crippen MR) is 99.6 cm³/mol. The smallest absolute Gasteiger partial charge is 0.387 e. The van der Waals surface area contributed by atoms with Crippen LogP contribution in [0.3, 0.4) is 0 Å². The second-order valence-electron chi connectivity index (χ2n) is 5.60. The van der Waals surface area contributed by atoms with E-state index in [-0.39, 0.29) is 11.7 Å². The molecule has 0 bridgehead atoms. The second-order valence-corrected chi connectivity index (χ2v) is 6.65. The molecule has 0 radical (unpaired) electrons. The van der Waals surface area contributed by atoms with Crippen LogP contribution < -0.4 is 10.1 Å². The van der Waals surface area contributed by atoms with Gasteiger partial charge in [-0.15, -0.1) is 11.8 Å². The van der Waals surface area contributed by atoms with Gasteiger partial charge in [0.25, 0.3) is 0 Å². The van der Waals surface area contributed by atoms with Crippen LogP contribution in [-0.2, 0) is 11.3 Å². The third kappa shape index (κ3) is 5.20. The first-order valence-electron chi connectivity index (χ1n) is 8.02. The standard InChI is InChI=1S/C20H17F2NO2S/c21-20(22)25-17-8-5-14(6-9-17)12-23-19(24)13-26-18-10-7-15-3-1-2-4-16(15)11-18/h1-11,20H,12-13H2,(H,23,24). The van der Waals surface area contributed by atoms with Gasteiger partial charge in [0.05, 0.1) is 5.75 Å². The van der Waals surface area contributed by atoms with Gasteiger partial charge in [-0.05, 0) is 40.6 Å². The highest BCUT2D eigenvalue weighted by atomic mass is 32.2. The topological polar surface area (TPSA) is 38.3 Å². The van der Waals surface area contributed by atoms with E-state index in [1.54, 1.807) is 12.1 Å². The molecule has 0 spiro atoms. The Morgan fingerprint density at radius 1 is 1.00 bits per heavy atom. The summed E-state index contributed by atoms with van der Waals surface area (Å²) in [4.78, 5) is 13.0. The fourth-order valence-corrected chi connectivity index (χ4v) is 3.22. The third-order valence-corrected chi connectivity index (χ3v) is 4.72. The molecule has 0 unspecified atom stereocenters. The summed E-state index contributed by atoms with van der Waals surface area (Å²) in [5, 5.41) is 5.13. The molecule has 3 aromatic rings. The first-order valence-corrected chi connectivity index (χ1v) is 9.01. The Balaban J connectivity index is 1.47. The molecule has 0 saturated heterocycles. The Bertz CT molecular complexity index is 884. The number of hydrogen-bond donors (Lipinski definition) is 1. The maximum Gasteiger partial charge on any atom is 0.387 e. The van der Waals surface area contributed by atoms with Crippen molar-refractivity contribution in [3.8, 4) is 5.75 Å². The van der Waals surface area contributed by atoms with Crippen LogP contribution in [0.15, 0.2) is 71.6 Å². The number of benzene rings is 3. The number of carbonyl (C=O) groups is 1. The molecule has 0 saturated carbocycles. The lowest BCUT2D eigenvalue weighted by Gasteiger charge is -2.08. The SMILES string of the molecule is O=C(CSc1ccc2ccccc2c1)NCc1ccc(OC(F)F)cc1. The number of thioether (sulfide) groups is 1. The Morgan fingerprint density at radius 2 is 1.73 bits per heavy atom. The highest BCUT2D eigenvalue weighted by molar-refractivity contribution is 8.00. The highest BCUT2D eigenvalue weighted by Crippen LogP contribution is 2.23. The number of amides is 1. The average molecular weight is 373 g/mol. The summed E-state index contributed by atoms with van der Waals surface area (Å²) in [6.45, 7) is -2.50. The molecule has 0 aliphatic carbocycles. The van der Waals surface area contributed by atoms with E-state index in [2.05, 4.69) is 16.1 Å². The van der Waals surface area contributed by atoms with Crippen LogP contribution in [0.1, 0.15) is 5.56 Å². The summed E-state index contributed by atoms with van der Waals surface area (Å²) in [6, 6.07) is 20.4. The molecule has 3 aromatic carbocycles. The minimum Gasteiger partial charge on any atom is -0.435 e. The van der Waals surface area contributed by atoms with E-state index in [4.69, 9.17) is 0 Å². The Kier molecular flexibility index (Phi) is 6.07. The van der Waals surface area contributed by atoms with Crippen LogP contribution >= 0.6 is 11.8 Å². The van der Waals surface area contributed by atoms with Gasteiger partial charge in [0.15, 0.2) is 0 Å². The van der Waals surface area contributed by atoms with Crippen molar-refractivity contribution in [3.05, 3.63) is 72.3 Å². The van der Waals surface area contributed by atoms with Crippen molar-refractivity contribution in [2.75, 3.05) is 5.75 Å². The van der Waals surface area contributed by atoms with Crippen molar-refractivity contribution in [1.29, 1.82) is 0 Å². The quantitative estimate of drug-likeness (QED) is 0.602. The minimum absolute atomic E-state index is 0.0870. The van der Waals surface area contributed by atoms with E-state index in [0.29, 0.717) is 12.3 Å². The third-order valence-electron chi connectivity index (χ3n) is 3.73. The molecular formula is C20H17F2NO2S. The molecule has 0 atom stereocenters. The van der Waals surface area contributed by atoms with Crippen molar-refractivity contribution in [2.24, 2.45) is 0 Å². The number of alkyl halides is 2. The maximum atomic E-state index is 12.1. The molecule has 3 nitrogen and oxygen atoms in total. The predicted octanol–water partition coefficient (Wildman–Crippen LogP) is 4.85. The van der Waals surface area contributed by atoms with Crippen LogP contribution in [0, 0.1) is 0 Å². The lowest BCUT2D eigenvalue weighted by Crippen LogP contribution is -2.24. The van der Waals surface area contributed by atoms with Crippen LogP contribution in [0.25, 0.3) is 10.8 Å². The molecule has 3 rings (SSSR count). The molecule has 6 heteroatoms. The minimum atomic E-state index is -2.84. The molecule has 1 N–H and O–H groups in total. The summed E-state index contributed by atoms with van der Waals surface area (Å²) in [7, 11) is 0. The van der Waals surface area contributed by atoms with Gasteiger partial charge >= 0.3 is 6.61 Å². The molecule has 26 heavy (non-hydrogen) atoms. The fraction of sp³-hybridized carbons (Fsp3) is 0.150. The number of nitrogens with one attached hydrogen (secondary N) is 1. The van der Waals surface area contributed by atoms with Crippen molar-refractivity contribution in [3.63, 3.8) is 0 Å². The zero-order valence-corrected chi connectivity index (χ0v) is 14.6. The van der Waals surface area contributed by atoms with Crippen molar-refractivity contribution >= 4 is 28.4 Å². The van der Waals surface area contributed by atoms with Gasteiger partial charge in [-0.25, -0.2) is 0 Å². The van der Waals surface area contributed by atoms with E-state index in [1.165, 1.54) is 29.3 Å². The normalized spacial score (nSPS) is 10.9. The number of carbonyl (C=O) groups excluding carboxylic acids is 1. The van der Waals surface area contributed by atoms with Crippen molar-refractivity contribution in [1.82, 2.24) is 5.32 Å². The van der Waals surface area contributed by atoms with Gasteiger partial charge < -0.3 is 10.1 Å². The molecule has 0 aromatic heterocycles. The zero-order chi connectivity index (χ0) is 18.4. The number of halogens is 2. The van der Waals surface area contributed by atoms with Gasteiger partial charge in [-0.3, -0.25) is 4.79 Å². The number of ether oxygens (including phenoxy) is 1. The van der Waals surface area contributed by atoms with Crippen LogP contribution in [0.2, 0.25) is 0 Å². The van der Waals surface area contributed by atoms with E-state index >= 15 is 0 Å². The second kappa shape index (κ2) is 8.67. The number of fused-ring (bicyclic) bond motifs is 1. The van der Waals surface area contributed by atoms with Gasteiger partial charge in [0, 0.05) is 11.4 Å². The molecular weight excluding hydrogens is 356 g/mol. The van der Waals surface area contributed by atoms with Crippen molar-refractivity contribution < 1.29 is 18.3 Å². The van der Waals surface area contributed by atoms with Gasteiger partial charge in [-0.2, -0.15) is 8.78 Å². The molecule has 0 heterocycles. The largest absolute Gasteiger partial charge is 0.435 e. The van der Waals surface area contributed by atoms with E-state index < -0.39 is 6.61 Å². The van der Waals surface area contributed by atoms with Crippen LogP contribution in [-0.4, -0.2) is 18.3 Å². The first kappa shape index (κ1) is 18.2. The molecule has 1 amide bonds. The summed E-state index contributed by atoms with van der Waals surface area (Å²) in [5.41, 5.74) is 0.815. The number of rotatable bonds is 7. The Labute approximate surface area is 154 Å². The highest BCUT2D eigenvalue weighted by Gasteiger charge is 2.06.